The number of aryl methyl sites for hydroxylation is 2. The SMILES string of the molecule is COCCOCCNCC(O)COc1cc(C)ccc1C. The van der Waals surface area contributed by atoms with E-state index in [1.54, 1.807) is 7.11 Å². The molecule has 1 atom stereocenters. The molecule has 0 bridgehead atoms. The molecule has 1 aromatic carbocycles. The minimum atomic E-state index is -0.538. The van der Waals surface area contributed by atoms with Crippen LogP contribution < -0.4 is 10.1 Å². The first-order chi connectivity index (χ1) is 10.1. The number of methoxy groups -OCH3 is 1. The molecule has 0 aliphatic rings. The van der Waals surface area contributed by atoms with Crippen molar-refractivity contribution in [2.24, 2.45) is 0 Å². The monoisotopic (exact) mass is 297 g/mol. The van der Waals surface area contributed by atoms with Gasteiger partial charge in [-0.15, -0.1) is 0 Å². The molecule has 2 N–H and O–H groups in total. The molecular formula is C16H27NO4. The second-order valence-corrected chi connectivity index (χ2v) is 5.04. The molecule has 1 aromatic rings. The Morgan fingerprint density at radius 1 is 1.19 bits per heavy atom. The largest absolute Gasteiger partial charge is 0.491 e. The highest BCUT2D eigenvalue weighted by Crippen LogP contribution is 2.19. The fourth-order valence-corrected chi connectivity index (χ4v) is 1.77. The molecule has 0 amide bonds. The van der Waals surface area contributed by atoms with Crippen LogP contribution in [0.2, 0.25) is 0 Å². The third kappa shape index (κ3) is 8.02. The molecule has 0 saturated heterocycles. The van der Waals surface area contributed by atoms with Crippen molar-refractivity contribution in [3.63, 3.8) is 0 Å². The van der Waals surface area contributed by atoms with Gasteiger partial charge in [0.25, 0.3) is 0 Å². The summed E-state index contributed by atoms with van der Waals surface area (Å²) in [7, 11) is 1.65. The highest BCUT2D eigenvalue weighted by Gasteiger charge is 2.06. The lowest BCUT2D eigenvalue weighted by atomic mass is 10.1. The standard InChI is InChI=1S/C16H27NO4/c1-13-4-5-14(2)16(10-13)21-12-15(18)11-17-6-7-20-9-8-19-3/h4-5,10,15,17-18H,6-9,11-12H2,1-3H3. The van der Waals surface area contributed by atoms with E-state index in [1.165, 1.54) is 0 Å². The van der Waals surface area contributed by atoms with Gasteiger partial charge in [-0.25, -0.2) is 0 Å². The lowest BCUT2D eigenvalue weighted by Crippen LogP contribution is -2.33. The van der Waals surface area contributed by atoms with E-state index in [0.29, 0.717) is 32.9 Å². The summed E-state index contributed by atoms with van der Waals surface area (Å²) in [6, 6.07) is 6.05. The van der Waals surface area contributed by atoms with Gasteiger partial charge in [-0.05, 0) is 31.0 Å². The molecule has 0 fully saturated rings. The first-order valence-electron chi connectivity index (χ1n) is 7.29. The summed E-state index contributed by atoms with van der Waals surface area (Å²) in [4.78, 5) is 0. The number of aliphatic hydroxyl groups excluding tert-OH is 1. The lowest BCUT2D eigenvalue weighted by Gasteiger charge is -2.15. The molecule has 0 saturated carbocycles. The third-order valence-electron chi connectivity index (χ3n) is 3.01. The Balaban J connectivity index is 2.11. The van der Waals surface area contributed by atoms with E-state index in [9.17, 15) is 5.11 Å². The molecule has 120 valence electrons. The van der Waals surface area contributed by atoms with E-state index in [-0.39, 0.29) is 6.61 Å². The van der Waals surface area contributed by atoms with Crippen molar-refractivity contribution in [3.8, 4) is 5.75 Å². The van der Waals surface area contributed by atoms with Gasteiger partial charge < -0.3 is 24.6 Å². The van der Waals surface area contributed by atoms with Crippen molar-refractivity contribution in [1.82, 2.24) is 5.32 Å². The van der Waals surface area contributed by atoms with Gasteiger partial charge in [0.2, 0.25) is 0 Å². The summed E-state index contributed by atoms with van der Waals surface area (Å²) in [6.45, 7) is 7.28. The van der Waals surface area contributed by atoms with Gasteiger partial charge in [0.1, 0.15) is 18.5 Å². The van der Waals surface area contributed by atoms with Gasteiger partial charge in [0.15, 0.2) is 0 Å². The number of hydrogen-bond donors (Lipinski definition) is 2. The fraction of sp³-hybridized carbons (Fsp3) is 0.625. The number of aliphatic hydroxyl groups is 1. The quantitative estimate of drug-likeness (QED) is 0.603. The van der Waals surface area contributed by atoms with Gasteiger partial charge >= 0.3 is 0 Å². The maximum absolute atomic E-state index is 9.86. The molecular weight excluding hydrogens is 270 g/mol. The average Bonchev–Trinajstić information content (AvgIpc) is 2.47. The summed E-state index contributed by atoms with van der Waals surface area (Å²) in [5.41, 5.74) is 2.23. The number of ether oxygens (including phenoxy) is 3. The minimum absolute atomic E-state index is 0.280. The first kappa shape index (κ1) is 17.9. The number of hydrogen-bond acceptors (Lipinski definition) is 5. The van der Waals surface area contributed by atoms with Crippen LogP contribution in [-0.2, 0) is 9.47 Å². The van der Waals surface area contributed by atoms with Crippen molar-refractivity contribution in [2.75, 3.05) is 46.6 Å². The van der Waals surface area contributed by atoms with Gasteiger partial charge in [-0.2, -0.15) is 0 Å². The molecule has 0 heterocycles. The summed E-state index contributed by atoms with van der Waals surface area (Å²) in [5, 5.41) is 13.0. The Bertz CT molecular complexity index is 398. The zero-order valence-electron chi connectivity index (χ0n) is 13.2. The van der Waals surface area contributed by atoms with Gasteiger partial charge in [0, 0.05) is 20.2 Å². The Hall–Kier alpha value is -1.14. The smallest absolute Gasteiger partial charge is 0.122 e. The van der Waals surface area contributed by atoms with Crippen LogP contribution in [0.1, 0.15) is 11.1 Å². The summed E-state index contributed by atoms with van der Waals surface area (Å²) in [6.07, 6.45) is -0.538. The van der Waals surface area contributed by atoms with Crippen LogP contribution in [0.5, 0.6) is 5.75 Å². The molecule has 21 heavy (non-hydrogen) atoms. The van der Waals surface area contributed by atoms with Crippen LogP contribution in [0.15, 0.2) is 18.2 Å². The molecule has 5 nitrogen and oxygen atoms in total. The highest BCUT2D eigenvalue weighted by molar-refractivity contribution is 5.35. The zero-order valence-corrected chi connectivity index (χ0v) is 13.2. The van der Waals surface area contributed by atoms with E-state index >= 15 is 0 Å². The molecule has 1 rings (SSSR count). The van der Waals surface area contributed by atoms with Crippen molar-refractivity contribution in [2.45, 2.75) is 20.0 Å². The Morgan fingerprint density at radius 2 is 2.00 bits per heavy atom. The summed E-state index contributed by atoms with van der Waals surface area (Å²) >= 11 is 0. The van der Waals surface area contributed by atoms with Crippen LogP contribution in [0.25, 0.3) is 0 Å². The maximum atomic E-state index is 9.86. The number of nitrogens with one attached hydrogen (secondary N) is 1. The predicted octanol–water partition coefficient (Wildman–Crippen LogP) is 1.30. The van der Waals surface area contributed by atoms with E-state index in [1.807, 2.05) is 32.0 Å². The summed E-state index contributed by atoms with van der Waals surface area (Å²) < 4.78 is 15.8. The van der Waals surface area contributed by atoms with Gasteiger partial charge in [-0.1, -0.05) is 12.1 Å². The minimum Gasteiger partial charge on any atom is -0.491 e. The molecule has 0 aromatic heterocycles. The number of rotatable bonds is 11. The zero-order chi connectivity index (χ0) is 15.5. The normalized spacial score (nSPS) is 12.4. The van der Waals surface area contributed by atoms with Crippen molar-refractivity contribution in [1.29, 1.82) is 0 Å². The molecule has 5 heteroatoms. The second kappa shape index (κ2) is 10.6. The van der Waals surface area contributed by atoms with Crippen LogP contribution >= 0.6 is 0 Å². The third-order valence-corrected chi connectivity index (χ3v) is 3.01. The Kier molecular flexibility index (Phi) is 9.01. The van der Waals surface area contributed by atoms with E-state index in [0.717, 1.165) is 16.9 Å². The lowest BCUT2D eigenvalue weighted by molar-refractivity contribution is 0.0679. The average molecular weight is 297 g/mol. The molecule has 0 spiro atoms. The van der Waals surface area contributed by atoms with E-state index < -0.39 is 6.10 Å². The van der Waals surface area contributed by atoms with Crippen LogP contribution in [-0.4, -0.2) is 57.8 Å². The second-order valence-electron chi connectivity index (χ2n) is 5.04. The summed E-state index contributed by atoms with van der Waals surface area (Å²) in [5.74, 6) is 0.831. The number of benzene rings is 1. The Labute approximate surface area is 127 Å². The van der Waals surface area contributed by atoms with Gasteiger partial charge in [-0.3, -0.25) is 0 Å². The van der Waals surface area contributed by atoms with Crippen LogP contribution in [0, 0.1) is 13.8 Å². The van der Waals surface area contributed by atoms with Crippen LogP contribution in [0.3, 0.4) is 0 Å². The predicted molar refractivity (Wildman–Crippen MR) is 83.0 cm³/mol. The Morgan fingerprint density at radius 3 is 2.76 bits per heavy atom. The van der Waals surface area contributed by atoms with Crippen molar-refractivity contribution < 1.29 is 19.3 Å². The van der Waals surface area contributed by atoms with Crippen molar-refractivity contribution in [3.05, 3.63) is 29.3 Å². The van der Waals surface area contributed by atoms with Crippen molar-refractivity contribution >= 4 is 0 Å². The molecule has 1 unspecified atom stereocenters. The topological polar surface area (TPSA) is 60.0 Å². The highest BCUT2D eigenvalue weighted by atomic mass is 16.5. The molecule has 0 aliphatic carbocycles. The van der Waals surface area contributed by atoms with E-state index in [4.69, 9.17) is 14.2 Å². The first-order valence-corrected chi connectivity index (χ1v) is 7.29. The van der Waals surface area contributed by atoms with E-state index in [2.05, 4.69) is 5.32 Å². The fourth-order valence-electron chi connectivity index (χ4n) is 1.77. The molecule has 0 aliphatic heterocycles. The van der Waals surface area contributed by atoms with Crippen LogP contribution in [0.4, 0.5) is 0 Å². The maximum Gasteiger partial charge on any atom is 0.122 e. The molecule has 0 radical (unpaired) electrons. The van der Waals surface area contributed by atoms with Gasteiger partial charge in [0.05, 0.1) is 19.8 Å².